The molecule has 0 aliphatic rings. The van der Waals surface area contributed by atoms with Gasteiger partial charge in [-0.3, -0.25) is 0 Å². The number of aryl methyl sites for hydroxylation is 2. The second-order valence-electron chi connectivity index (χ2n) is 5.53. The molecule has 0 unspecified atom stereocenters. The summed E-state index contributed by atoms with van der Waals surface area (Å²) in [6.45, 7) is 11.3. The number of hydrogen-bond donors (Lipinski definition) is 0. The van der Waals surface area contributed by atoms with Crippen molar-refractivity contribution >= 4 is 21.5 Å². The first-order chi connectivity index (χ1) is 13.3. The molecule has 0 bridgehead atoms. The molecule has 0 radical (unpaired) electrons. The number of fused-ring (bicyclic) bond motifs is 2. The zero-order valence-electron chi connectivity index (χ0n) is 17.5. The van der Waals surface area contributed by atoms with Crippen molar-refractivity contribution in [1.82, 2.24) is 0 Å². The Morgan fingerprint density at radius 1 is 0.643 bits per heavy atom. The summed E-state index contributed by atoms with van der Waals surface area (Å²) in [7, 11) is 2.88. The third kappa shape index (κ3) is 3.60. The van der Waals surface area contributed by atoms with Crippen molar-refractivity contribution in [2.24, 2.45) is 0 Å². The van der Waals surface area contributed by atoms with Crippen LogP contribution in [0.5, 0.6) is 11.5 Å². The number of rotatable bonds is 2. The highest BCUT2D eigenvalue weighted by Gasteiger charge is 2.25. The maximum atomic E-state index is 14.3. The quantitative estimate of drug-likeness (QED) is 0.196. The summed E-state index contributed by atoms with van der Waals surface area (Å²) in [5.74, 6) is -5.69. The van der Waals surface area contributed by atoms with Crippen LogP contribution in [-0.4, -0.2) is 14.2 Å². The van der Waals surface area contributed by atoms with E-state index >= 15 is 0 Å². The second kappa shape index (κ2) is 9.62. The molecule has 0 spiro atoms. The van der Waals surface area contributed by atoms with Crippen molar-refractivity contribution in [1.29, 1.82) is 0 Å². The fraction of sp³-hybridized carbons (Fsp3) is 0.364. The van der Waals surface area contributed by atoms with E-state index in [0.717, 1.165) is 0 Å². The van der Waals surface area contributed by atoms with Crippen molar-refractivity contribution < 1.29 is 27.0 Å². The Morgan fingerprint density at radius 2 is 1.18 bits per heavy atom. The fourth-order valence-electron chi connectivity index (χ4n) is 3.17. The molecule has 0 saturated carbocycles. The van der Waals surface area contributed by atoms with Crippen molar-refractivity contribution in [3.05, 3.63) is 46.5 Å². The zero-order chi connectivity index (χ0) is 21.8. The molecular weight excluding hydrogens is 372 g/mol. The summed E-state index contributed by atoms with van der Waals surface area (Å²) in [6, 6.07) is 2.95. The van der Waals surface area contributed by atoms with E-state index in [-0.39, 0.29) is 16.3 Å². The maximum absolute atomic E-state index is 14.3. The standard InChI is InChI=1S/C18H14F4O2.2C2H6/c1-7-5-11(23-3)12-8(2)13-9(6-10(12)18(7)24-4)14(19)16(21)17(22)15(13)20;2*1-2/h5-6H,1-4H3;2*1-2H3. The van der Waals surface area contributed by atoms with E-state index in [0.29, 0.717) is 27.8 Å². The van der Waals surface area contributed by atoms with Gasteiger partial charge in [0.1, 0.15) is 11.5 Å². The van der Waals surface area contributed by atoms with E-state index in [2.05, 4.69) is 0 Å². The lowest BCUT2D eigenvalue weighted by molar-refractivity contribution is 0.407. The summed E-state index contributed by atoms with van der Waals surface area (Å²) in [5.41, 5.74) is 0.956. The summed E-state index contributed by atoms with van der Waals surface area (Å²) >= 11 is 0. The molecule has 0 amide bonds. The van der Waals surface area contributed by atoms with Gasteiger partial charge < -0.3 is 9.47 Å². The first-order valence-corrected chi connectivity index (χ1v) is 9.14. The van der Waals surface area contributed by atoms with E-state index in [1.165, 1.54) is 27.2 Å². The van der Waals surface area contributed by atoms with E-state index in [4.69, 9.17) is 9.47 Å². The highest BCUT2D eigenvalue weighted by Crippen LogP contribution is 2.43. The zero-order valence-corrected chi connectivity index (χ0v) is 17.5. The van der Waals surface area contributed by atoms with Crippen molar-refractivity contribution in [3.63, 3.8) is 0 Å². The third-order valence-corrected chi connectivity index (χ3v) is 4.23. The first-order valence-electron chi connectivity index (χ1n) is 9.14. The molecule has 0 atom stereocenters. The smallest absolute Gasteiger partial charge is 0.198 e. The minimum Gasteiger partial charge on any atom is -0.496 e. The van der Waals surface area contributed by atoms with Crippen LogP contribution in [0.1, 0.15) is 38.8 Å². The van der Waals surface area contributed by atoms with Gasteiger partial charge in [-0.15, -0.1) is 0 Å². The number of hydrogen-bond acceptors (Lipinski definition) is 2. The van der Waals surface area contributed by atoms with Crippen LogP contribution in [-0.2, 0) is 0 Å². The number of halogens is 4. The highest BCUT2D eigenvalue weighted by atomic mass is 19.2. The van der Waals surface area contributed by atoms with Crippen molar-refractivity contribution in [2.45, 2.75) is 41.5 Å². The van der Waals surface area contributed by atoms with Crippen LogP contribution in [0.4, 0.5) is 17.6 Å². The predicted molar refractivity (Wildman–Crippen MR) is 107 cm³/mol. The minimum atomic E-state index is -1.84. The lowest BCUT2D eigenvalue weighted by Gasteiger charge is -2.17. The lowest BCUT2D eigenvalue weighted by atomic mass is 9.94. The largest absolute Gasteiger partial charge is 0.496 e. The molecule has 3 rings (SSSR count). The predicted octanol–water partition coefficient (Wildman–Crippen LogP) is 7.24. The Morgan fingerprint density at radius 3 is 1.68 bits per heavy atom. The van der Waals surface area contributed by atoms with E-state index < -0.39 is 23.3 Å². The Hall–Kier alpha value is -2.50. The molecule has 2 nitrogen and oxygen atoms in total. The molecule has 3 aromatic carbocycles. The third-order valence-electron chi connectivity index (χ3n) is 4.23. The fourth-order valence-corrected chi connectivity index (χ4v) is 3.17. The number of ether oxygens (including phenoxy) is 2. The van der Waals surface area contributed by atoms with E-state index in [1.807, 2.05) is 27.7 Å². The molecule has 3 aromatic rings. The molecule has 6 heteroatoms. The van der Waals surface area contributed by atoms with Crippen LogP contribution in [0.2, 0.25) is 0 Å². The molecule has 0 N–H and O–H groups in total. The van der Waals surface area contributed by atoms with Crippen LogP contribution in [0.3, 0.4) is 0 Å². The van der Waals surface area contributed by atoms with Gasteiger partial charge >= 0.3 is 0 Å². The average Bonchev–Trinajstić information content (AvgIpc) is 2.72. The van der Waals surface area contributed by atoms with Gasteiger partial charge in [0.15, 0.2) is 23.3 Å². The molecule has 0 aromatic heterocycles. The second-order valence-corrected chi connectivity index (χ2v) is 5.53. The topological polar surface area (TPSA) is 18.5 Å². The normalized spacial score (nSPS) is 10.1. The molecular formula is C22H26F4O2. The monoisotopic (exact) mass is 398 g/mol. The van der Waals surface area contributed by atoms with Crippen LogP contribution in [0.15, 0.2) is 12.1 Å². The summed E-state index contributed by atoms with van der Waals surface area (Å²) in [4.78, 5) is 0. The highest BCUT2D eigenvalue weighted by molar-refractivity contribution is 6.08. The van der Waals surface area contributed by atoms with E-state index in [1.54, 1.807) is 13.0 Å². The van der Waals surface area contributed by atoms with Crippen molar-refractivity contribution in [3.8, 4) is 11.5 Å². The minimum absolute atomic E-state index is 0.243. The van der Waals surface area contributed by atoms with Gasteiger partial charge in [0.2, 0.25) is 0 Å². The maximum Gasteiger partial charge on any atom is 0.198 e. The van der Waals surface area contributed by atoms with Crippen LogP contribution >= 0.6 is 0 Å². The molecule has 154 valence electrons. The van der Waals surface area contributed by atoms with Gasteiger partial charge in [0.05, 0.1) is 14.2 Å². The molecule has 28 heavy (non-hydrogen) atoms. The molecule has 0 saturated heterocycles. The van der Waals surface area contributed by atoms with Gasteiger partial charge in [0, 0.05) is 21.5 Å². The van der Waals surface area contributed by atoms with Crippen LogP contribution in [0.25, 0.3) is 21.5 Å². The van der Waals surface area contributed by atoms with Gasteiger partial charge in [0.25, 0.3) is 0 Å². The van der Waals surface area contributed by atoms with Crippen LogP contribution in [0, 0.1) is 37.1 Å². The van der Waals surface area contributed by atoms with Crippen molar-refractivity contribution in [2.75, 3.05) is 14.2 Å². The molecule has 0 heterocycles. The van der Waals surface area contributed by atoms with Gasteiger partial charge in [-0.1, -0.05) is 27.7 Å². The molecule has 0 fully saturated rings. The molecule has 0 aliphatic carbocycles. The van der Waals surface area contributed by atoms with E-state index in [9.17, 15) is 17.6 Å². The number of benzene rings is 3. The Balaban J connectivity index is 0.000000921. The first kappa shape index (κ1) is 23.5. The van der Waals surface area contributed by atoms with Gasteiger partial charge in [-0.25, -0.2) is 17.6 Å². The van der Waals surface area contributed by atoms with Gasteiger partial charge in [-0.2, -0.15) is 0 Å². The Bertz CT molecular complexity index is 998. The summed E-state index contributed by atoms with van der Waals surface area (Å²) < 4.78 is 66.4. The van der Waals surface area contributed by atoms with Gasteiger partial charge in [-0.05, 0) is 37.1 Å². The summed E-state index contributed by atoms with van der Waals surface area (Å²) in [6.07, 6.45) is 0. The SMILES string of the molecule is CC.CC.COc1c(C)cc(OC)c2c(C)c3c(F)c(F)c(F)c(F)c3cc12. The number of methoxy groups -OCH3 is 2. The van der Waals surface area contributed by atoms with Crippen LogP contribution < -0.4 is 9.47 Å². The Labute approximate surface area is 163 Å². The lowest BCUT2D eigenvalue weighted by Crippen LogP contribution is -2.02. The average molecular weight is 398 g/mol. The summed E-state index contributed by atoms with van der Waals surface area (Å²) in [5, 5.41) is 0.228. The Kier molecular flexibility index (Phi) is 8.09. The molecule has 0 aliphatic heterocycles.